The van der Waals surface area contributed by atoms with Gasteiger partial charge in [0.15, 0.2) is 17.4 Å². The monoisotopic (exact) mass is 390 g/mol. The Morgan fingerprint density at radius 1 is 1.42 bits per heavy atom. The molecule has 26 heavy (non-hydrogen) atoms. The van der Waals surface area contributed by atoms with E-state index in [9.17, 15) is 13.2 Å². The highest BCUT2D eigenvalue weighted by molar-refractivity contribution is 6.33. The third-order valence-electron chi connectivity index (χ3n) is 4.02. The molecule has 2 aromatic rings. The van der Waals surface area contributed by atoms with Crippen molar-refractivity contribution in [1.82, 2.24) is 25.2 Å². The van der Waals surface area contributed by atoms with Crippen LogP contribution in [0.4, 0.5) is 13.2 Å². The van der Waals surface area contributed by atoms with Gasteiger partial charge in [-0.2, -0.15) is 13.2 Å². The van der Waals surface area contributed by atoms with Crippen molar-refractivity contribution < 1.29 is 17.9 Å². The van der Waals surface area contributed by atoms with Gasteiger partial charge in [0.1, 0.15) is 0 Å². The van der Waals surface area contributed by atoms with Crippen LogP contribution in [0.1, 0.15) is 24.2 Å². The van der Waals surface area contributed by atoms with Crippen molar-refractivity contribution in [2.24, 2.45) is 4.99 Å². The van der Waals surface area contributed by atoms with Crippen molar-refractivity contribution in [2.45, 2.75) is 31.7 Å². The molecule has 0 radical (unpaired) electrons. The van der Waals surface area contributed by atoms with Crippen LogP contribution in [0.3, 0.4) is 0 Å². The van der Waals surface area contributed by atoms with E-state index in [4.69, 9.17) is 16.3 Å². The minimum Gasteiger partial charge on any atom is -0.376 e. The number of pyridine rings is 1. The molecule has 0 aromatic carbocycles. The number of nitrogens with one attached hydrogen (secondary N) is 2. The summed E-state index contributed by atoms with van der Waals surface area (Å²) in [4.78, 5) is 4.08. The zero-order valence-corrected chi connectivity index (χ0v) is 14.7. The molecule has 2 aromatic heterocycles. The topological polar surface area (TPSA) is 75.8 Å². The van der Waals surface area contributed by atoms with Crippen LogP contribution in [0, 0.1) is 0 Å². The van der Waals surface area contributed by atoms with Crippen molar-refractivity contribution in [3.63, 3.8) is 0 Å². The number of hydrogen-bond acceptors (Lipinski definition) is 4. The fraction of sp³-hybridized carbons (Fsp3) is 0.533. The maximum atomic E-state index is 13.0. The molecule has 3 rings (SSSR count). The third kappa shape index (κ3) is 4.18. The lowest BCUT2D eigenvalue weighted by atomic mass is 10.2. The van der Waals surface area contributed by atoms with Gasteiger partial charge in [-0.15, -0.1) is 10.2 Å². The summed E-state index contributed by atoms with van der Waals surface area (Å²) in [6, 6.07) is 0.838. The summed E-state index contributed by atoms with van der Waals surface area (Å²) < 4.78 is 45.7. The summed E-state index contributed by atoms with van der Waals surface area (Å²) in [5.41, 5.74) is -0.698. The van der Waals surface area contributed by atoms with Gasteiger partial charge in [0.05, 0.1) is 23.2 Å². The second-order valence-electron chi connectivity index (χ2n) is 5.83. The second-order valence-corrected chi connectivity index (χ2v) is 6.23. The molecule has 1 aliphatic heterocycles. The van der Waals surface area contributed by atoms with Gasteiger partial charge < -0.3 is 15.4 Å². The van der Waals surface area contributed by atoms with E-state index < -0.39 is 11.7 Å². The molecule has 1 aliphatic rings. The maximum absolute atomic E-state index is 13.0. The second kappa shape index (κ2) is 7.67. The summed E-state index contributed by atoms with van der Waals surface area (Å²) in [5, 5.41) is 13.8. The predicted molar refractivity (Wildman–Crippen MR) is 90.2 cm³/mol. The highest BCUT2D eigenvalue weighted by Gasteiger charge is 2.32. The van der Waals surface area contributed by atoms with Crippen LogP contribution in [-0.4, -0.2) is 46.9 Å². The summed E-state index contributed by atoms with van der Waals surface area (Å²) >= 11 is 5.90. The van der Waals surface area contributed by atoms with E-state index in [2.05, 4.69) is 25.8 Å². The highest BCUT2D eigenvalue weighted by atomic mass is 35.5. The quantitative estimate of drug-likeness (QED) is 0.618. The Kier molecular flexibility index (Phi) is 5.52. The molecule has 142 valence electrons. The van der Waals surface area contributed by atoms with Crippen molar-refractivity contribution in [2.75, 3.05) is 20.2 Å². The predicted octanol–water partition coefficient (Wildman–Crippen LogP) is 2.25. The molecular formula is C15H18ClF3N6O. The Labute approximate surface area is 152 Å². The molecule has 0 bridgehead atoms. The number of aromatic nitrogens is 3. The van der Waals surface area contributed by atoms with Gasteiger partial charge >= 0.3 is 6.18 Å². The zero-order valence-electron chi connectivity index (χ0n) is 14.0. The summed E-state index contributed by atoms with van der Waals surface area (Å²) in [6.07, 6.45) is -1.42. The lowest BCUT2D eigenvalue weighted by molar-refractivity contribution is -0.137. The molecule has 1 saturated heterocycles. The van der Waals surface area contributed by atoms with Crippen LogP contribution < -0.4 is 10.6 Å². The third-order valence-corrected chi connectivity index (χ3v) is 4.29. The van der Waals surface area contributed by atoms with E-state index in [0.717, 1.165) is 31.7 Å². The van der Waals surface area contributed by atoms with Gasteiger partial charge in [0, 0.05) is 26.4 Å². The van der Waals surface area contributed by atoms with Crippen LogP contribution in [0.5, 0.6) is 0 Å². The summed E-state index contributed by atoms with van der Waals surface area (Å²) in [7, 11) is 1.60. The number of ether oxygens (including phenoxy) is 1. The standard InChI is InChI=1S/C15H18ClF3N6O/c1-20-14(21-6-10-3-2-4-26-10)22-7-12-23-24-13-11(16)5-9(8-25(12)13)15(17,18)19/h5,8,10H,2-4,6-7H2,1H3,(H2,20,21,22). The summed E-state index contributed by atoms with van der Waals surface area (Å²) in [5.74, 6) is 0.781. The van der Waals surface area contributed by atoms with Gasteiger partial charge in [-0.1, -0.05) is 11.6 Å². The van der Waals surface area contributed by atoms with Gasteiger partial charge in [-0.25, -0.2) is 0 Å². The number of nitrogens with zero attached hydrogens (tertiary/aromatic N) is 4. The number of hydrogen-bond donors (Lipinski definition) is 2. The molecule has 1 fully saturated rings. The molecule has 3 heterocycles. The average molecular weight is 391 g/mol. The molecule has 0 aliphatic carbocycles. The number of fused-ring (bicyclic) bond motifs is 1. The van der Waals surface area contributed by atoms with Crippen molar-refractivity contribution >= 4 is 23.2 Å². The van der Waals surface area contributed by atoms with Crippen LogP contribution >= 0.6 is 11.6 Å². The van der Waals surface area contributed by atoms with Crippen LogP contribution in [-0.2, 0) is 17.5 Å². The number of guanidine groups is 1. The first-order valence-corrected chi connectivity index (χ1v) is 8.42. The van der Waals surface area contributed by atoms with Gasteiger partial charge in [0.25, 0.3) is 0 Å². The Balaban J connectivity index is 1.70. The Morgan fingerprint density at radius 2 is 2.23 bits per heavy atom. The lowest BCUT2D eigenvalue weighted by Gasteiger charge is -2.14. The SMILES string of the molecule is CN=C(NCc1nnc2c(Cl)cc(C(F)(F)F)cn12)NCC1CCCO1. The first-order valence-electron chi connectivity index (χ1n) is 8.05. The number of rotatable bonds is 4. The molecule has 1 atom stereocenters. The number of halogens is 4. The van der Waals surface area contributed by atoms with Gasteiger partial charge in [-0.3, -0.25) is 9.39 Å². The minimum absolute atomic E-state index is 0.112. The molecule has 7 nitrogen and oxygen atoms in total. The van der Waals surface area contributed by atoms with E-state index >= 15 is 0 Å². The number of alkyl halides is 3. The largest absolute Gasteiger partial charge is 0.417 e. The smallest absolute Gasteiger partial charge is 0.376 e. The lowest BCUT2D eigenvalue weighted by Crippen LogP contribution is -2.40. The maximum Gasteiger partial charge on any atom is 0.417 e. The van der Waals surface area contributed by atoms with Gasteiger partial charge in [0.2, 0.25) is 0 Å². The molecule has 0 amide bonds. The minimum atomic E-state index is -4.51. The van der Waals surface area contributed by atoms with E-state index in [-0.39, 0.29) is 29.1 Å². The van der Waals surface area contributed by atoms with Crippen LogP contribution in [0.25, 0.3) is 5.65 Å². The van der Waals surface area contributed by atoms with E-state index in [1.54, 1.807) is 7.05 Å². The van der Waals surface area contributed by atoms with Crippen LogP contribution in [0.15, 0.2) is 17.3 Å². The molecular weight excluding hydrogens is 373 g/mol. The van der Waals surface area contributed by atoms with E-state index in [1.165, 1.54) is 4.40 Å². The van der Waals surface area contributed by atoms with Crippen molar-refractivity contribution in [3.8, 4) is 0 Å². The fourth-order valence-electron chi connectivity index (χ4n) is 2.67. The molecule has 1 unspecified atom stereocenters. The first kappa shape index (κ1) is 18.7. The molecule has 0 spiro atoms. The fourth-order valence-corrected chi connectivity index (χ4v) is 2.92. The molecule has 11 heteroatoms. The Bertz CT molecular complexity index is 801. The van der Waals surface area contributed by atoms with Crippen molar-refractivity contribution in [3.05, 3.63) is 28.7 Å². The average Bonchev–Trinajstić information content (AvgIpc) is 3.24. The molecule has 2 N–H and O–H groups in total. The first-order chi connectivity index (χ1) is 12.4. The molecule has 0 saturated carbocycles. The van der Waals surface area contributed by atoms with Crippen molar-refractivity contribution in [1.29, 1.82) is 0 Å². The number of aliphatic imine (C=N–C) groups is 1. The van der Waals surface area contributed by atoms with E-state index in [1.807, 2.05) is 0 Å². The van der Waals surface area contributed by atoms with Crippen LogP contribution in [0.2, 0.25) is 5.02 Å². The Morgan fingerprint density at radius 3 is 2.88 bits per heavy atom. The Hall–Kier alpha value is -2.07. The highest BCUT2D eigenvalue weighted by Crippen LogP contribution is 2.32. The normalized spacial score (nSPS) is 18.5. The summed E-state index contributed by atoms with van der Waals surface area (Å²) in [6.45, 7) is 1.49. The van der Waals surface area contributed by atoms with E-state index in [0.29, 0.717) is 12.5 Å². The van der Waals surface area contributed by atoms with Gasteiger partial charge in [-0.05, 0) is 18.9 Å². The zero-order chi connectivity index (χ0) is 18.7.